The zero-order chi connectivity index (χ0) is 26.8. The second-order valence-corrected chi connectivity index (χ2v) is 14.4. The molecular weight excluding hydrogens is 498 g/mol. The summed E-state index contributed by atoms with van der Waals surface area (Å²) in [5.41, 5.74) is 0.358. The number of carbonyl (C=O) groups excluding carboxylic acids is 1. The molecule has 1 saturated heterocycles. The van der Waals surface area contributed by atoms with Crippen molar-refractivity contribution in [3.8, 4) is 0 Å². The van der Waals surface area contributed by atoms with Crippen LogP contribution in [0.15, 0.2) is 54.9 Å². The first-order valence-electron chi connectivity index (χ1n) is 13.7. The van der Waals surface area contributed by atoms with Crippen LogP contribution in [0.5, 0.6) is 0 Å². The molecule has 0 unspecified atom stereocenters. The number of hydrogen-bond donors (Lipinski definition) is 2. The van der Waals surface area contributed by atoms with Crippen molar-refractivity contribution in [2.24, 2.45) is 16.7 Å². The van der Waals surface area contributed by atoms with Crippen LogP contribution in [0.4, 0.5) is 0 Å². The molecule has 2 bridgehead atoms. The number of benzene rings is 1. The fourth-order valence-corrected chi connectivity index (χ4v) is 10.5. The van der Waals surface area contributed by atoms with Crippen LogP contribution in [0.3, 0.4) is 0 Å². The smallest absolute Gasteiger partial charge is 0.252 e. The highest BCUT2D eigenvalue weighted by atomic mass is 32.2. The molecule has 1 aromatic heterocycles. The Morgan fingerprint density at radius 1 is 1.13 bits per heavy atom. The van der Waals surface area contributed by atoms with Gasteiger partial charge in [-0.3, -0.25) is 9.78 Å². The van der Waals surface area contributed by atoms with E-state index in [1.54, 1.807) is 22.6 Å². The lowest BCUT2D eigenvalue weighted by Gasteiger charge is -2.49. The average molecular weight is 536 g/mol. The van der Waals surface area contributed by atoms with Gasteiger partial charge in [-0.1, -0.05) is 50.3 Å². The van der Waals surface area contributed by atoms with Gasteiger partial charge < -0.3 is 10.4 Å². The van der Waals surface area contributed by atoms with Crippen LogP contribution in [0.1, 0.15) is 67.4 Å². The van der Waals surface area contributed by atoms with Gasteiger partial charge in [-0.05, 0) is 66.7 Å². The Hall–Kier alpha value is -2.55. The predicted octanol–water partition coefficient (Wildman–Crippen LogP) is 3.76. The van der Waals surface area contributed by atoms with E-state index in [-0.39, 0.29) is 35.0 Å². The fourth-order valence-electron chi connectivity index (χ4n) is 8.18. The molecule has 3 atom stereocenters. The Bertz CT molecular complexity index is 1380. The first kappa shape index (κ1) is 25.7. The molecule has 0 radical (unpaired) electrons. The summed E-state index contributed by atoms with van der Waals surface area (Å²) in [6, 6.07) is 11.8. The van der Waals surface area contributed by atoms with Crippen LogP contribution < -0.4 is 5.32 Å². The Kier molecular flexibility index (Phi) is 5.91. The number of rotatable bonds is 6. The number of hydrogen-bond acceptors (Lipinski definition) is 5. The van der Waals surface area contributed by atoms with E-state index in [9.17, 15) is 18.3 Å². The summed E-state index contributed by atoms with van der Waals surface area (Å²) in [4.78, 5) is 16.8. The number of aromatic nitrogens is 1. The number of sulfonamides is 1. The molecule has 4 aliphatic rings. The topological polar surface area (TPSA) is 99.6 Å². The number of pyridine rings is 1. The molecule has 38 heavy (non-hydrogen) atoms. The molecule has 1 aliphatic heterocycles. The monoisotopic (exact) mass is 535 g/mol. The second-order valence-electron chi connectivity index (χ2n) is 12.4. The SMILES string of the molecule is CC1(C)[C@@H]2CC[C@@]1(CS(=O)(=O)N1CCC3(C=Cc4ccccc43)CC1)[C@](O)(CNC(=O)c1cccnc1)C2. The van der Waals surface area contributed by atoms with Crippen molar-refractivity contribution < 1.29 is 18.3 Å². The van der Waals surface area contributed by atoms with E-state index >= 15 is 0 Å². The van der Waals surface area contributed by atoms with Crippen LogP contribution in [0.2, 0.25) is 0 Å². The molecule has 2 N–H and O–H groups in total. The van der Waals surface area contributed by atoms with Gasteiger partial charge in [0.2, 0.25) is 10.0 Å². The molecule has 1 amide bonds. The average Bonchev–Trinajstić information content (AvgIpc) is 3.43. The van der Waals surface area contributed by atoms with Gasteiger partial charge in [-0.25, -0.2) is 12.7 Å². The third-order valence-corrected chi connectivity index (χ3v) is 12.6. The molecule has 202 valence electrons. The molecule has 1 aromatic carbocycles. The minimum atomic E-state index is -3.64. The zero-order valence-corrected chi connectivity index (χ0v) is 23.0. The quantitative estimate of drug-likeness (QED) is 0.587. The van der Waals surface area contributed by atoms with Crippen molar-refractivity contribution in [1.82, 2.24) is 14.6 Å². The Morgan fingerprint density at radius 2 is 1.89 bits per heavy atom. The summed E-state index contributed by atoms with van der Waals surface area (Å²) in [6.45, 7) is 5.17. The number of fused-ring (bicyclic) bond motifs is 4. The maximum atomic E-state index is 14.0. The third kappa shape index (κ3) is 3.71. The summed E-state index contributed by atoms with van der Waals surface area (Å²) in [7, 11) is -3.64. The molecule has 2 saturated carbocycles. The lowest BCUT2D eigenvalue weighted by molar-refractivity contribution is -0.0838. The largest absolute Gasteiger partial charge is 0.387 e. The van der Waals surface area contributed by atoms with Crippen LogP contribution in [0, 0.1) is 16.7 Å². The molecule has 2 aromatic rings. The van der Waals surface area contributed by atoms with Gasteiger partial charge >= 0.3 is 0 Å². The first-order chi connectivity index (χ1) is 18.0. The van der Waals surface area contributed by atoms with Crippen molar-refractivity contribution in [1.29, 1.82) is 0 Å². The van der Waals surface area contributed by atoms with E-state index in [0.29, 0.717) is 31.5 Å². The lowest BCUT2D eigenvalue weighted by atomic mass is 9.64. The number of allylic oxidation sites excluding steroid dienone is 1. The van der Waals surface area contributed by atoms with Gasteiger partial charge in [0, 0.05) is 42.9 Å². The number of aliphatic hydroxyl groups is 1. The summed E-state index contributed by atoms with van der Waals surface area (Å²) in [5, 5.41) is 15.0. The maximum Gasteiger partial charge on any atom is 0.252 e. The van der Waals surface area contributed by atoms with Crippen molar-refractivity contribution in [2.75, 3.05) is 25.4 Å². The van der Waals surface area contributed by atoms with Crippen LogP contribution in [0.25, 0.3) is 6.08 Å². The Balaban J connectivity index is 1.21. The highest BCUT2D eigenvalue weighted by Crippen LogP contribution is 2.70. The van der Waals surface area contributed by atoms with Gasteiger partial charge in [0.15, 0.2) is 0 Å². The summed E-state index contributed by atoms with van der Waals surface area (Å²) in [6.07, 6.45) is 11.0. The van der Waals surface area contributed by atoms with E-state index in [2.05, 4.69) is 54.5 Å². The minimum absolute atomic E-state index is 0.0286. The normalized spacial score (nSPS) is 31.0. The molecule has 2 heterocycles. The Morgan fingerprint density at radius 3 is 2.61 bits per heavy atom. The zero-order valence-electron chi connectivity index (χ0n) is 22.2. The van der Waals surface area contributed by atoms with E-state index < -0.39 is 21.0 Å². The summed E-state index contributed by atoms with van der Waals surface area (Å²) < 4.78 is 29.7. The van der Waals surface area contributed by atoms with Crippen LogP contribution in [-0.2, 0) is 15.4 Å². The molecular formula is C30H37N3O4S. The molecule has 3 fully saturated rings. The van der Waals surface area contributed by atoms with Crippen molar-refractivity contribution >= 4 is 22.0 Å². The fraction of sp³-hybridized carbons (Fsp3) is 0.533. The third-order valence-electron chi connectivity index (χ3n) is 10.6. The van der Waals surface area contributed by atoms with Crippen LogP contribution >= 0.6 is 0 Å². The van der Waals surface area contributed by atoms with E-state index in [0.717, 1.165) is 19.3 Å². The van der Waals surface area contributed by atoms with Crippen molar-refractivity contribution in [3.63, 3.8) is 0 Å². The highest BCUT2D eigenvalue weighted by molar-refractivity contribution is 7.89. The summed E-state index contributed by atoms with van der Waals surface area (Å²) in [5.74, 6) is -0.193. The standard InChI is InChI=1S/C30H37N3O4S/c1-27(2)24-10-12-29(27,30(35,18-24)20-32-26(34)23-7-5-15-31-19-23)21-38(36,37)33-16-13-28(14-17-33)11-9-22-6-3-4-8-25(22)28/h3-9,11,15,19,24,35H,10,12-14,16-18,20-21H2,1-2H3,(H,32,34)/t24-,29+,30-/m1/s1. The Labute approximate surface area is 225 Å². The predicted molar refractivity (Wildman–Crippen MR) is 147 cm³/mol. The summed E-state index contributed by atoms with van der Waals surface area (Å²) >= 11 is 0. The van der Waals surface area contributed by atoms with Gasteiger partial charge in [0.25, 0.3) is 5.91 Å². The first-order valence-corrected chi connectivity index (χ1v) is 15.3. The number of nitrogens with zero attached hydrogens (tertiary/aromatic N) is 2. The number of carbonyl (C=O) groups is 1. The van der Waals surface area contributed by atoms with Gasteiger partial charge in [-0.2, -0.15) is 0 Å². The number of nitrogens with one attached hydrogen (secondary N) is 1. The molecule has 6 rings (SSSR count). The van der Waals surface area contributed by atoms with E-state index in [1.165, 1.54) is 17.3 Å². The van der Waals surface area contributed by atoms with E-state index in [4.69, 9.17) is 0 Å². The van der Waals surface area contributed by atoms with Gasteiger partial charge in [0.05, 0.1) is 16.9 Å². The molecule has 3 aliphatic carbocycles. The van der Waals surface area contributed by atoms with Crippen molar-refractivity contribution in [2.45, 2.75) is 57.0 Å². The van der Waals surface area contributed by atoms with Gasteiger partial charge in [-0.15, -0.1) is 0 Å². The highest BCUT2D eigenvalue weighted by Gasteiger charge is 2.72. The number of piperidine rings is 1. The lowest BCUT2D eigenvalue weighted by Crippen LogP contribution is -2.60. The molecule has 1 spiro atoms. The molecule has 8 heteroatoms. The van der Waals surface area contributed by atoms with Gasteiger partial charge in [0.1, 0.15) is 0 Å². The van der Waals surface area contributed by atoms with Crippen LogP contribution in [-0.4, -0.2) is 59.7 Å². The number of amides is 1. The van der Waals surface area contributed by atoms with Crippen molar-refractivity contribution in [3.05, 3.63) is 71.6 Å². The second kappa shape index (κ2) is 8.73. The minimum Gasteiger partial charge on any atom is -0.387 e. The molecule has 7 nitrogen and oxygen atoms in total. The maximum absolute atomic E-state index is 14.0. The van der Waals surface area contributed by atoms with E-state index in [1.807, 2.05) is 6.07 Å².